The van der Waals surface area contributed by atoms with Gasteiger partial charge in [0.05, 0.1) is 16.5 Å². The Bertz CT molecular complexity index is 1700. The zero-order valence-electron chi connectivity index (χ0n) is 25.2. The highest BCUT2D eigenvalue weighted by molar-refractivity contribution is 8.00. The number of carbonyl (C=O) groups is 1. The van der Waals surface area contributed by atoms with Crippen molar-refractivity contribution < 1.29 is 41.0 Å². The standard InChI is InChI=1S/C35H31F6NO3S2/c1-21-16-29(14-15-31(21)45-20-32(43)44)47-30(17-22(2)42-33(46)25-10-12-27(13-11-25)34(36,37)38)18-23-6-8-24(9-7-23)26-4-3-5-28(19-26)35(39,40)41/h3-17,19,30,33,42,46H,18,20H2,1-2H3,(H,43,44)/b22-17+. The van der Waals surface area contributed by atoms with E-state index in [2.05, 4.69) is 17.9 Å². The van der Waals surface area contributed by atoms with E-state index in [-0.39, 0.29) is 5.25 Å². The summed E-state index contributed by atoms with van der Waals surface area (Å²) in [5.41, 5.74) is 2.55. The number of allylic oxidation sites excluding steroid dienone is 1. The summed E-state index contributed by atoms with van der Waals surface area (Å²) in [5, 5.41) is 11.4. The summed E-state index contributed by atoms with van der Waals surface area (Å²) >= 11 is 6.08. The number of hydrogen-bond acceptors (Lipinski definition) is 5. The van der Waals surface area contributed by atoms with Crippen LogP contribution in [0.25, 0.3) is 11.1 Å². The van der Waals surface area contributed by atoms with Gasteiger partial charge in [0.15, 0.2) is 6.61 Å². The van der Waals surface area contributed by atoms with Crippen LogP contribution in [-0.2, 0) is 23.6 Å². The highest BCUT2D eigenvalue weighted by Crippen LogP contribution is 2.35. The van der Waals surface area contributed by atoms with Crippen LogP contribution >= 0.6 is 24.4 Å². The van der Waals surface area contributed by atoms with Crippen LogP contribution in [0, 0.1) is 6.92 Å². The van der Waals surface area contributed by atoms with Gasteiger partial charge in [0.1, 0.15) is 5.75 Å². The number of benzene rings is 4. The molecule has 2 unspecified atom stereocenters. The summed E-state index contributed by atoms with van der Waals surface area (Å²) in [5.74, 6) is -0.643. The number of rotatable bonds is 12. The average molecular weight is 692 g/mol. The number of thioether (sulfide) groups is 1. The summed E-state index contributed by atoms with van der Waals surface area (Å²) in [7, 11) is 0. The molecule has 4 rings (SSSR count). The van der Waals surface area contributed by atoms with E-state index in [0.29, 0.717) is 28.9 Å². The molecule has 4 nitrogen and oxygen atoms in total. The maximum absolute atomic E-state index is 13.2. The molecule has 2 N–H and O–H groups in total. The zero-order valence-corrected chi connectivity index (χ0v) is 26.9. The Morgan fingerprint density at radius 3 is 2.15 bits per heavy atom. The molecule has 0 radical (unpaired) electrons. The number of thiol groups is 1. The molecule has 0 spiro atoms. The maximum Gasteiger partial charge on any atom is 0.416 e. The van der Waals surface area contributed by atoms with Crippen molar-refractivity contribution in [2.45, 2.75) is 48.1 Å². The number of aryl methyl sites for hydroxylation is 1. The van der Waals surface area contributed by atoms with Crippen LogP contribution in [0.4, 0.5) is 26.3 Å². The summed E-state index contributed by atoms with van der Waals surface area (Å²) < 4.78 is 84.0. The van der Waals surface area contributed by atoms with Crippen molar-refractivity contribution in [3.05, 3.63) is 131 Å². The molecule has 0 aromatic heterocycles. The molecule has 4 aromatic rings. The van der Waals surface area contributed by atoms with Gasteiger partial charge < -0.3 is 15.2 Å². The third-order valence-corrected chi connectivity index (χ3v) is 8.61. The smallest absolute Gasteiger partial charge is 0.416 e. The highest BCUT2D eigenvalue weighted by atomic mass is 32.2. The Kier molecular flexibility index (Phi) is 11.6. The predicted octanol–water partition coefficient (Wildman–Crippen LogP) is 9.99. The number of aliphatic carboxylic acids is 1. The van der Waals surface area contributed by atoms with Crippen molar-refractivity contribution >= 4 is 30.4 Å². The van der Waals surface area contributed by atoms with Crippen molar-refractivity contribution in [1.29, 1.82) is 0 Å². The van der Waals surface area contributed by atoms with E-state index in [4.69, 9.17) is 9.84 Å². The van der Waals surface area contributed by atoms with Crippen LogP contribution in [0.1, 0.15) is 40.1 Å². The van der Waals surface area contributed by atoms with Crippen molar-refractivity contribution in [2.24, 2.45) is 0 Å². The number of nitrogens with one attached hydrogen (secondary N) is 1. The monoisotopic (exact) mass is 691 g/mol. The summed E-state index contributed by atoms with van der Waals surface area (Å²) in [6.45, 7) is 3.16. The van der Waals surface area contributed by atoms with Gasteiger partial charge in [-0.1, -0.05) is 54.6 Å². The third-order valence-electron chi connectivity index (χ3n) is 7.05. The molecule has 0 saturated heterocycles. The van der Waals surface area contributed by atoms with Crippen LogP contribution < -0.4 is 10.1 Å². The molecule has 4 aromatic carbocycles. The minimum Gasteiger partial charge on any atom is -0.482 e. The minimum atomic E-state index is -4.45. The second kappa shape index (κ2) is 15.2. The number of alkyl halides is 6. The van der Waals surface area contributed by atoms with Gasteiger partial charge in [-0.3, -0.25) is 0 Å². The molecule has 0 aliphatic carbocycles. The molecule has 0 heterocycles. The first-order chi connectivity index (χ1) is 22.1. The molecule has 0 aliphatic rings. The van der Waals surface area contributed by atoms with Gasteiger partial charge in [-0.15, -0.1) is 24.4 Å². The van der Waals surface area contributed by atoms with Gasteiger partial charge in [0, 0.05) is 15.8 Å². The van der Waals surface area contributed by atoms with E-state index in [1.807, 2.05) is 37.3 Å². The first kappa shape index (κ1) is 35.8. The fourth-order valence-corrected chi connectivity index (χ4v) is 6.39. The van der Waals surface area contributed by atoms with Crippen LogP contribution in [-0.4, -0.2) is 22.9 Å². The molecule has 0 fully saturated rings. The Hall–Kier alpha value is -4.03. The van der Waals surface area contributed by atoms with E-state index in [1.54, 1.807) is 31.2 Å². The second-order valence-electron chi connectivity index (χ2n) is 10.8. The highest BCUT2D eigenvalue weighted by Gasteiger charge is 2.31. The Morgan fingerprint density at radius 1 is 0.894 bits per heavy atom. The van der Waals surface area contributed by atoms with Crippen LogP contribution in [0.5, 0.6) is 5.75 Å². The quantitative estimate of drug-likeness (QED) is 0.0598. The van der Waals surface area contributed by atoms with Gasteiger partial charge >= 0.3 is 18.3 Å². The molecule has 12 heteroatoms. The molecule has 0 amide bonds. The van der Waals surface area contributed by atoms with Crippen LogP contribution in [0.3, 0.4) is 0 Å². The first-order valence-electron chi connectivity index (χ1n) is 14.3. The van der Waals surface area contributed by atoms with Gasteiger partial charge in [-0.25, -0.2) is 4.79 Å². The van der Waals surface area contributed by atoms with Crippen molar-refractivity contribution in [1.82, 2.24) is 5.32 Å². The van der Waals surface area contributed by atoms with Crippen molar-refractivity contribution in [3.8, 4) is 16.9 Å². The number of carboxylic acids is 1. The summed E-state index contributed by atoms with van der Waals surface area (Å²) in [4.78, 5) is 11.8. The van der Waals surface area contributed by atoms with E-state index in [0.717, 1.165) is 46.0 Å². The number of halogens is 6. The fraction of sp³-hybridized carbons (Fsp3) is 0.229. The van der Waals surface area contributed by atoms with E-state index < -0.39 is 41.4 Å². The first-order valence-corrected chi connectivity index (χ1v) is 15.7. The lowest BCUT2D eigenvalue weighted by Gasteiger charge is -2.20. The van der Waals surface area contributed by atoms with Crippen molar-refractivity contribution in [2.75, 3.05) is 6.61 Å². The summed E-state index contributed by atoms with van der Waals surface area (Å²) in [6.07, 6.45) is -6.39. The van der Waals surface area contributed by atoms with E-state index in [9.17, 15) is 31.1 Å². The Morgan fingerprint density at radius 2 is 1.55 bits per heavy atom. The largest absolute Gasteiger partial charge is 0.482 e. The third kappa shape index (κ3) is 10.5. The van der Waals surface area contributed by atoms with Crippen LogP contribution in [0.2, 0.25) is 0 Å². The molecule has 0 bridgehead atoms. The van der Waals surface area contributed by atoms with Gasteiger partial charge in [0.2, 0.25) is 0 Å². The van der Waals surface area contributed by atoms with Gasteiger partial charge in [-0.05, 0) is 90.6 Å². The van der Waals surface area contributed by atoms with Crippen molar-refractivity contribution in [3.63, 3.8) is 0 Å². The van der Waals surface area contributed by atoms with Gasteiger partial charge in [-0.2, -0.15) is 26.3 Å². The SMILES string of the molecule is C/C(=C\C(Cc1ccc(-c2cccc(C(F)(F)F)c2)cc1)Sc1ccc(OCC(=O)O)c(C)c1)NC(S)c1ccc(C(F)(F)F)cc1. The zero-order chi connectivity index (χ0) is 34.4. The fourth-order valence-electron chi connectivity index (χ4n) is 4.73. The maximum atomic E-state index is 13.2. The van der Waals surface area contributed by atoms with Crippen LogP contribution in [0.15, 0.2) is 108 Å². The van der Waals surface area contributed by atoms with Gasteiger partial charge in [0.25, 0.3) is 0 Å². The number of ether oxygens (including phenoxy) is 1. The normalized spacial score (nSPS) is 13.6. The number of hydrogen-bond donors (Lipinski definition) is 3. The lowest BCUT2D eigenvalue weighted by atomic mass is 10.00. The van der Waals surface area contributed by atoms with E-state index in [1.165, 1.54) is 30.0 Å². The molecule has 248 valence electrons. The molecule has 47 heavy (non-hydrogen) atoms. The lowest BCUT2D eigenvalue weighted by molar-refractivity contribution is -0.139. The predicted molar refractivity (Wildman–Crippen MR) is 175 cm³/mol. The Balaban J connectivity index is 1.55. The molecular weight excluding hydrogens is 661 g/mol. The summed E-state index contributed by atoms with van der Waals surface area (Å²) in [6, 6.07) is 22.6. The average Bonchev–Trinajstić information content (AvgIpc) is 3.00. The molecule has 2 atom stereocenters. The molecule has 0 aliphatic heterocycles. The molecular formula is C35H31F6NO3S2. The second-order valence-corrected chi connectivity index (χ2v) is 12.6. The Labute approximate surface area is 278 Å². The number of carboxylic acid groups (broad SMARTS) is 1. The minimum absolute atomic E-state index is 0.166. The molecule has 0 saturated carbocycles. The van der Waals surface area contributed by atoms with E-state index >= 15 is 0 Å². The lowest BCUT2D eigenvalue weighted by Crippen LogP contribution is -2.17. The topological polar surface area (TPSA) is 58.6 Å².